The molecular formula is C16H12ClN3O3. The van der Waals surface area contributed by atoms with Gasteiger partial charge in [0.1, 0.15) is 0 Å². The highest BCUT2D eigenvalue weighted by Crippen LogP contribution is 2.18. The fourth-order valence-corrected chi connectivity index (χ4v) is 2.54. The fraction of sp³-hybridized carbons (Fsp3) is 0.0625. The van der Waals surface area contributed by atoms with E-state index in [2.05, 4.69) is 15.3 Å². The number of para-hydroxylation sites is 1. The van der Waals surface area contributed by atoms with Gasteiger partial charge in [-0.15, -0.1) is 0 Å². The van der Waals surface area contributed by atoms with E-state index in [9.17, 15) is 9.59 Å². The van der Waals surface area contributed by atoms with Crippen LogP contribution in [0.4, 0.5) is 0 Å². The van der Waals surface area contributed by atoms with Crippen molar-refractivity contribution in [3.8, 4) is 0 Å². The number of carbonyl (C=O) groups is 2. The molecule has 0 atom stereocenters. The van der Waals surface area contributed by atoms with Crippen LogP contribution in [0.2, 0.25) is 5.02 Å². The Kier molecular flexibility index (Phi) is 3.99. The highest BCUT2D eigenvalue weighted by Gasteiger charge is 2.13. The van der Waals surface area contributed by atoms with Crippen molar-refractivity contribution in [2.75, 3.05) is 0 Å². The zero-order valence-corrected chi connectivity index (χ0v) is 12.6. The molecule has 3 N–H and O–H groups in total. The molecule has 0 aliphatic carbocycles. The predicted octanol–water partition coefficient (Wildman–Crippen LogP) is 2.84. The molecule has 0 unspecified atom stereocenters. The maximum atomic E-state index is 12.2. The molecule has 0 saturated carbocycles. The molecule has 0 saturated heterocycles. The first kappa shape index (κ1) is 15.1. The Morgan fingerprint density at radius 2 is 2.09 bits per heavy atom. The number of nitrogens with one attached hydrogen (secondary N) is 2. The molecule has 0 bridgehead atoms. The fourth-order valence-electron chi connectivity index (χ4n) is 2.28. The van der Waals surface area contributed by atoms with Crippen LogP contribution in [0.3, 0.4) is 0 Å². The van der Waals surface area contributed by atoms with E-state index in [1.54, 1.807) is 6.33 Å². The average molecular weight is 330 g/mol. The number of carboxylic acid groups (broad SMARTS) is 1. The molecule has 1 aromatic heterocycles. The first-order chi connectivity index (χ1) is 11.1. The lowest BCUT2D eigenvalue weighted by Gasteiger charge is -2.07. The first-order valence-corrected chi connectivity index (χ1v) is 7.16. The van der Waals surface area contributed by atoms with Crippen molar-refractivity contribution >= 4 is 34.5 Å². The Bertz CT molecular complexity index is 904. The van der Waals surface area contributed by atoms with Gasteiger partial charge in [0.25, 0.3) is 5.91 Å². The van der Waals surface area contributed by atoms with E-state index < -0.39 is 5.97 Å². The number of H-pyrrole nitrogens is 1. The Balaban J connectivity index is 1.76. The minimum Gasteiger partial charge on any atom is -0.478 e. The third-order valence-corrected chi connectivity index (χ3v) is 3.75. The van der Waals surface area contributed by atoms with Crippen molar-refractivity contribution < 1.29 is 14.7 Å². The second-order valence-electron chi connectivity index (χ2n) is 4.90. The molecule has 6 nitrogen and oxygen atoms in total. The summed E-state index contributed by atoms with van der Waals surface area (Å²) < 4.78 is 0. The molecule has 0 aliphatic heterocycles. The van der Waals surface area contributed by atoms with Crippen LogP contribution in [0.15, 0.2) is 42.7 Å². The summed E-state index contributed by atoms with van der Waals surface area (Å²) in [5.41, 5.74) is 2.83. The van der Waals surface area contributed by atoms with Gasteiger partial charge in [0.2, 0.25) is 0 Å². The molecule has 23 heavy (non-hydrogen) atoms. The van der Waals surface area contributed by atoms with Gasteiger partial charge in [-0.05, 0) is 29.8 Å². The molecule has 1 amide bonds. The topological polar surface area (TPSA) is 95.1 Å². The lowest BCUT2D eigenvalue weighted by atomic mass is 10.1. The number of aromatic amines is 1. The number of nitrogens with zero attached hydrogens (tertiary/aromatic N) is 1. The van der Waals surface area contributed by atoms with Crippen LogP contribution in [0.1, 0.15) is 26.3 Å². The van der Waals surface area contributed by atoms with Crippen molar-refractivity contribution in [2.45, 2.75) is 6.54 Å². The van der Waals surface area contributed by atoms with Gasteiger partial charge in [-0.1, -0.05) is 23.7 Å². The monoisotopic (exact) mass is 329 g/mol. The number of carboxylic acids is 1. The number of rotatable bonds is 4. The lowest BCUT2D eigenvalue weighted by molar-refractivity contribution is 0.0696. The van der Waals surface area contributed by atoms with Crippen molar-refractivity contribution in [1.82, 2.24) is 15.3 Å². The van der Waals surface area contributed by atoms with Gasteiger partial charge in [0, 0.05) is 12.1 Å². The Labute approximate surface area is 136 Å². The SMILES string of the molecule is O=C(NCc1cccc2[nH]cnc12)c1ccc(C(=O)O)c(Cl)c1. The molecule has 0 aliphatic rings. The van der Waals surface area contributed by atoms with Crippen LogP contribution < -0.4 is 5.32 Å². The van der Waals surface area contributed by atoms with Crippen molar-refractivity contribution in [3.63, 3.8) is 0 Å². The molecule has 0 spiro atoms. The molecule has 7 heteroatoms. The van der Waals surface area contributed by atoms with E-state index in [0.29, 0.717) is 12.1 Å². The third kappa shape index (κ3) is 3.02. The van der Waals surface area contributed by atoms with Crippen LogP contribution in [-0.4, -0.2) is 27.0 Å². The van der Waals surface area contributed by atoms with Gasteiger partial charge < -0.3 is 15.4 Å². The lowest BCUT2D eigenvalue weighted by Crippen LogP contribution is -2.23. The van der Waals surface area contributed by atoms with E-state index in [1.165, 1.54) is 18.2 Å². The Morgan fingerprint density at radius 3 is 2.83 bits per heavy atom. The maximum Gasteiger partial charge on any atom is 0.337 e. The molecule has 3 aromatic rings. The quantitative estimate of drug-likeness (QED) is 0.686. The number of benzene rings is 2. The van der Waals surface area contributed by atoms with Crippen LogP contribution >= 0.6 is 11.6 Å². The standard InChI is InChI=1S/C16H12ClN3O3/c17-12-6-9(4-5-11(12)16(22)23)15(21)18-7-10-2-1-3-13-14(10)20-8-19-13/h1-6,8H,7H2,(H,18,21)(H,19,20)(H,22,23). The number of aromatic carboxylic acids is 1. The van der Waals surface area contributed by atoms with Crippen LogP contribution in [0, 0.1) is 0 Å². The zero-order valence-electron chi connectivity index (χ0n) is 11.8. The summed E-state index contributed by atoms with van der Waals surface area (Å²) in [6.07, 6.45) is 1.60. The number of carbonyl (C=O) groups excluding carboxylic acids is 1. The zero-order chi connectivity index (χ0) is 16.4. The van der Waals surface area contributed by atoms with Crippen molar-refractivity contribution in [2.24, 2.45) is 0 Å². The number of aromatic nitrogens is 2. The highest BCUT2D eigenvalue weighted by atomic mass is 35.5. The summed E-state index contributed by atoms with van der Waals surface area (Å²) in [5, 5.41) is 11.7. The summed E-state index contributed by atoms with van der Waals surface area (Å²) in [6, 6.07) is 9.74. The van der Waals surface area contributed by atoms with Gasteiger partial charge in [0.15, 0.2) is 0 Å². The minimum atomic E-state index is -1.13. The van der Waals surface area contributed by atoms with E-state index in [4.69, 9.17) is 16.7 Å². The second kappa shape index (κ2) is 6.10. The smallest absolute Gasteiger partial charge is 0.337 e. The first-order valence-electron chi connectivity index (χ1n) is 6.78. The van der Waals surface area contributed by atoms with E-state index >= 15 is 0 Å². The highest BCUT2D eigenvalue weighted by molar-refractivity contribution is 6.33. The van der Waals surface area contributed by atoms with Crippen LogP contribution in [0.25, 0.3) is 11.0 Å². The maximum absolute atomic E-state index is 12.2. The average Bonchev–Trinajstić information content (AvgIpc) is 3.01. The van der Waals surface area contributed by atoms with Gasteiger partial charge >= 0.3 is 5.97 Å². The summed E-state index contributed by atoms with van der Waals surface area (Å²) in [6.45, 7) is 0.305. The van der Waals surface area contributed by atoms with E-state index in [1.807, 2.05) is 18.2 Å². The molecule has 3 rings (SSSR count). The normalized spacial score (nSPS) is 10.7. The second-order valence-corrected chi connectivity index (χ2v) is 5.31. The van der Waals surface area contributed by atoms with Gasteiger partial charge in [-0.2, -0.15) is 0 Å². The molecule has 2 aromatic carbocycles. The number of amides is 1. The van der Waals surface area contributed by atoms with Crippen molar-refractivity contribution in [1.29, 1.82) is 0 Å². The number of halogens is 1. The summed E-state index contributed by atoms with van der Waals surface area (Å²) in [4.78, 5) is 30.3. The number of hydrogen-bond acceptors (Lipinski definition) is 3. The largest absolute Gasteiger partial charge is 0.478 e. The third-order valence-electron chi connectivity index (χ3n) is 3.43. The van der Waals surface area contributed by atoms with Gasteiger partial charge in [-0.3, -0.25) is 4.79 Å². The van der Waals surface area contributed by atoms with Gasteiger partial charge in [-0.25, -0.2) is 9.78 Å². The molecule has 1 heterocycles. The summed E-state index contributed by atoms with van der Waals surface area (Å²) in [5.74, 6) is -1.47. The molecular weight excluding hydrogens is 318 g/mol. The predicted molar refractivity (Wildman–Crippen MR) is 85.7 cm³/mol. The Hall–Kier alpha value is -2.86. The van der Waals surface area contributed by atoms with Gasteiger partial charge in [0.05, 0.1) is 27.9 Å². The molecule has 0 radical (unpaired) electrons. The number of fused-ring (bicyclic) bond motifs is 1. The summed E-state index contributed by atoms with van der Waals surface area (Å²) in [7, 11) is 0. The van der Waals surface area contributed by atoms with Crippen LogP contribution in [0.5, 0.6) is 0 Å². The van der Waals surface area contributed by atoms with Crippen molar-refractivity contribution in [3.05, 3.63) is 64.4 Å². The minimum absolute atomic E-state index is 0.0274. The summed E-state index contributed by atoms with van der Waals surface area (Å²) >= 11 is 5.87. The van der Waals surface area contributed by atoms with Crippen LogP contribution in [-0.2, 0) is 6.54 Å². The van der Waals surface area contributed by atoms with E-state index in [-0.39, 0.29) is 16.5 Å². The molecule has 116 valence electrons. The number of hydrogen-bond donors (Lipinski definition) is 3. The molecule has 0 fully saturated rings. The Morgan fingerprint density at radius 1 is 1.26 bits per heavy atom. The number of imidazole rings is 1. The van der Waals surface area contributed by atoms with E-state index in [0.717, 1.165) is 16.6 Å².